The number of hydrogen-bond donors (Lipinski definition) is 1. The van der Waals surface area contributed by atoms with Gasteiger partial charge in [0.1, 0.15) is 0 Å². The van der Waals surface area contributed by atoms with Gasteiger partial charge in [0, 0.05) is 9.50 Å². The smallest absolute Gasteiger partial charge is 0.309 e. The molecule has 0 saturated carbocycles. The lowest BCUT2D eigenvalue weighted by Crippen LogP contribution is -2.19. The molecule has 2 aromatic rings. The lowest BCUT2D eigenvalue weighted by atomic mass is 9.97. The molecule has 0 radical (unpaired) electrons. The van der Waals surface area contributed by atoms with E-state index in [1.807, 2.05) is 0 Å². The van der Waals surface area contributed by atoms with Crippen LogP contribution in [-0.2, 0) is 6.18 Å². The topological polar surface area (TPSA) is 12.0 Å². The van der Waals surface area contributed by atoms with Gasteiger partial charge in [-0.1, -0.05) is 45.7 Å². The molecule has 6 heteroatoms. The number of alkyl halides is 3. The molecular weight excluding hydrogens is 367 g/mol. The molecule has 0 aliphatic rings. The van der Waals surface area contributed by atoms with E-state index >= 15 is 0 Å². The maximum Gasteiger partial charge on any atom is 0.416 e. The summed E-state index contributed by atoms with van der Waals surface area (Å²) in [5, 5.41) is 3.49. The van der Waals surface area contributed by atoms with Crippen LogP contribution in [0.4, 0.5) is 13.2 Å². The number of rotatable bonds is 3. The van der Waals surface area contributed by atoms with Crippen molar-refractivity contribution in [3.63, 3.8) is 0 Å². The molecule has 2 aromatic carbocycles. The summed E-state index contributed by atoms with van der Waals surface area (Å²) in [6.45, 7) is 0. The molecule has 1 nitrogen and oxygen atoms in total. The van der Waals surface area contributed by atoms with Gasteiger partial charge in [0.15, 0.2) is 0 Å². The van der Waals surface area contributed by atoms with Gasteiger partial charge in [-0.2, -0.15) is 13.2 Å². The van der Waals surface area contributed by atoms with Gasteiger partial charge in [-0.25, -0.2) is 0 Å². The molecule has 0 fully saturated rings. The van der Waals surface area contributed by atoms with E-state index in [-0.39, 0.29) is 0 Å². The van der Waals surface area contributed by atoms with Gasteiger partial charge in [-0.15, -0.1) is 0 Å². The van der Waals surface area contributed by atoms with Crippen molar-refractivity contribution in [3.05, 3.63) is 68.7 Å². The maximum absolute atomic E-state index is 12.8. The highest BCUT2D eigenvalue weighted by molar-refractivity contribution is 9.10. The SMILES string of the molecule is CNC(c1cccc(C(F)(F)F)c1)c1ccc(Br)cc1Cl. The van der Waals surface area contributed by atoms with E-state index in [1.165, 1.54) is 6.07 Å². The normalized spacial score (nSPS) is 13.2. The molecular formula is C15H12BrClF3N. The Morgan fingerprint density at radius 3 is 2.43 bits per heavy atom. The Labute approximate surface area is 134 Å². The van der Waals surface area contributed by atoms with Crippen molar-refractivity contribution in [3.8, 4) is 0 Å². The van der Waals surface area contributed by atoms with Crippen LogP contribution in [0.25, 0.3) is 0 Å². The van der Waals surface area contributed by atoms with Gasteiger partial charge >= 0.3 is 6.18 Å². The van der Waals surface area contributed by atoms with E-state index < -0.39 is 17.8 Å². The number of nitrogens with one attached hydrogen (secondary N) is 1. The van der Waals surface area contributed by atoms with Crippen molar-refractivity contribution in [2.24, 2.45) is 0 Å². The second kappa shape index (κ2) is 6.38. The minimum atomic E-state index is -4.36. The Morgan fingerprint density at radius 1 is 1.14 bits per heavy atom. The summed E-state index contributed by atoms with van der Waals surface area (Å²) < 4.78 is 39.3. The summed E-state index contributed by atoms with van der Waals surface area (Å²) in [6.07, 6.45) is -4.36. The number of benzene rings is 2. The zero-order valence-corrected chi connectivity index (χ0v) is 13.4. The summed E-state index contributed by atoms with van der Waals surface area (Å²) in [4.78, 5) is 0. The quantitative estimate of drug-likeness (QED) is 0.751. The summed E-state index contributed by atoms with van der Waals surface area (Å²) in [7, 11) is 1.68. The minimum absolute atomic E-state index is 0.409. The second-order valence-corrected chi connectivity index (χ2v) is 5.83. The molecule has 112 valence electrons. The molecule has 0 aliphatic heterocycles. The van der Waals surface area contributed by atoms with Gasteiger partial charge < -0.3 is 5.32 Å². The summed E-state index contributed by atoms with van der Waals surface area (Å²) in [5.74, 6) is 0. The van der Waals surface area contributed by atoms with Gasteiger partial charge in [-0.3, -0.25) is 0 Å². The van der Waals surface area contributed by atoms with Crippen LogP contribution < -0.4 is 5.32 Å². The van der Waals surface area contributed by atoms with Gasteiger partial charge in [0.05, 0.1) is 11.6 Å². The van der Waals surface area contributed by atoms with Crippen molar-refractivity contribution in [2.75, 3.05) is 7.05 Å². The molecule has 0 amide bonds. The Hall–Kier alpha value is -1.04. The largest absolute Gasteiger partial charge is 0.416 e. The van der Waals surface area contributed by atoms with E-state index in [2.05, 4.69) is 21.2 Å². The van der Waals surface area contributed by atoms with Gasteiger partial charge in [0.25, 0.3) is 0 Å². The molecule has 0 bridgehead atoms. The zero-order chi connectivity index (χ0) is 15.6. The highest BCUT2D eigenvalue weighted by Crippen LogP contribution is 2.34. The predicted molar refractivity (Wildman–Crippen MR) is 81.5 cm³/mol. The molecule has 1 atom stereocenters. The highest BCUT2D eigenvalue weighted by Gasteiger charge is 2.31. The van der Waals surface area contributed by atoms with Crippen molar-refractivity contribution < 1.29 is 13.2 Å². The van der Waals surface area contributed by atoms with E-state index in [0.29, 0.717) is 10.6 Å². The average molecular weight is 379 g/mol. The van der Waals surface area contributed by atoms with E-state index in [9.17, 15) is 13.2 Å². The molecule has 0 aromatic heterocycles. The van der Waals surface area contributed by atoms with E-state index in [0.717, 1.165) is 22.2 Å². The monoisotopic (exact) mass is 377 g/mol. The zero-order valence-electron chi connectivity index (χ0n) is 11.0. The lowest BCUT2D eigenvalue weighted by Gasteiger charge is -2.20. The molecule has 1 N–H and O–H groups in total. The van der Waals surface area contributed by atoms with Crippen molar-refractivity contribution in [1.29, 1.82) is 0 Å². The maximum atomic E-state index is 12.8. The highest BCUT2D eigenvalue weighted by atomic mass is 79.9. The first-order valence-electron chi connectivity index (χ1n) is 6.12. The summed E-state index contributed by atoms with van der Waals surface area (Å²) in [5.41, 5.74) is 0.562. The molecule has 0 spiro atoms. The second-order valence-electron chi connectivity index (χ2n) is 4.51. The van der Waals surface area contributed by atoms with E-state index in [1.54, 1.807) is 31.3 Å². The van der Waals surface area contributed by atoms with Crippen LogP contribution in [0.3, 0.4) is 0 Å². The Morgan fingerprint density at radius 2 is 1.86 bits per heavy atom. The van der Waals surface area contributed by atoms with Crippen LogP contribution in [0, 0.1) is 0 Å². The van der Waals surface area contributed by atoms with Crippen molar-refractivity contribution in [2.45, 2.75) is 12.2 Å². The third-order valence-electron chi connectivity index (χ3n) is 3.11. The van der Waals surface area contributed by atoms with Crippen LogP contribution in [0.2, 0.25) is 5.02 Å². The third kappa shape index (κ3) is 3.78. The Balaban J connectivity index is 2.47. The number of halogens is 5. The van der Waals surface area contributed by atoms with Gasteiger partial charge in [0.2, 0.25) is 0 Å². The van der Waals surface area contributed by atoms with Gasteiger partial charge in [-0.05, 0) is 42.4 Å². The summed E-state index contributed by atoms with van der Waals surface area (Å²) >= 11 is 9.50. The Bertz CT molecular complexity index is 643. The fourth-order valence-corrected chi connectivity index (χ4v) is 2.91. The molecule has 2 rings (SSSR count). The first-order valence-corrected chi connectivity index (χ1v) is 7.29. The first-order chi connectivity index (χ1) is 9.82. The third-order valence-corrected chi connectivity index (χ3v) is 3.93. The fourth-order valence-electron chi connectivity index (χ4n) is 2.13. The van der Waals surface area contributed by atoms with E-state index in [4.69, 9.17) is 11.6 Å². The van der Waals surface area contributed by atoms with Crippen LogP contribution in [-0.4, -0.2) is 7.05 Å². The summed E-state index contributed by atoms with van der Waals surface area (Å²) in [6, 6.07) is 10.1. The van der Waals surface area contributed by atoms with Crippen LogP contribution >= 0.6 is 27.5 Å². The van der Waals surface area contributed by atoms with Crippen LogP contribution in [0.15, 0.2) is 46.9 Å². The fraction of sp³-hybridized carbons (Fsp3) is 0.200. The average Bonchev–Trinajstić information content (AvgIpc) is 2.41. The number of hydrogen-bond acceptors (Lipinski definition) is 1. The van der Waals surface area contributed by atoms with Crippen LogP contribution in [0.1, 0.15) is 22.7 Å². The standard InChI is InChI=1S/C15H12BrClF3N/c1-21-14(12-6-5-11(16)8-13(12)17)9-3-2-4-10(7-9)15(18,19)20/h2-8,14,21H,1H3. The molecule has 0 saturated heterocycles. The first kappa shape index (κ1) is 16.3. The van der Waals surface area contributed by atoms with Crippen molar-refractivity contribution >= 4 is 27.5 Å². The minimum Gasteiger partial charge on any atom is -0.309 e. The Kier molecular flexibility index (Phi) is 4.96. The lowest BCUT2D eigenvalue weighted by molar-refractivity contribution is -0.137. The molecule has 1 unspecified atom stereocenters. The van der Waals surface area contributed by atoms with Crippen molar-refractivity contribution in [1.82, 2.24) is 5.32 Å². The molecule has 0 aliphatic carbocycles. The molecule has 0 heterocycles. The van der Waals surface area contributed by atoms with Crippen LogP contribution in [0.5, 0.6) is 0 Å². The molecule has 21 heavy (non-hydrogen) atoms. The predicted octanol–water partition coefficient (Wildman–Crippen LogP) is 5.43.